The number of hydrogen-bond donors (Lipinski definition) is 1. The lowest BCUT2D eigenvalue weighted by atomic mass is 10.0. The van der Waals surface area contributed by atoms with E-state index in [0.29, 0.717) is 5.69 Å². The highest BCUT2D eigenvalue weighted by atomic mass is 32.2. The summed E-state index contributed by atoms with van der Waals surface area (Å²) < 4.78 is 49.0. The zero-order valence-electron chi connectivity index (χ0n) is 17.3. The molecule has 0 bridgehead atoms. The number of benzene rings is 2. The average Bonchev–Trinajstić information content (AvgIpc) is 2.75. The summed E-state index contributed by atoms with van der Waals surface area (Å²) in [5.74, 6) is -0.318. The minimum absolute atomic E-state index is 0.00316. The first kappa shape index (κ1) is 23.4. The van der Waals surface area contributed by atoms with Crippen LogP contribution >= 0.6 is 0 Å². The molecule has 1 heterocycles. The fourth-order valence-corrected chi connectivity index (χ4v) is 5.52. The number of hydroxylamine groups is 1. The molecule has 2 aromatic rings. The lowest BCUT2D eigenvalue weighted by Gasteiger charge is -2.33. The SMILES string of the molecule is CON(C)S(=O)(=O)c1ccc(NC(=O)C(c2ccccc2)N2CCS(=O)(=O)CC2)cc1. The van der Waals surface area contributed by atoms with E-state index in [1.54, 1.807) is 0 Å². The van der Waals surface area contributed by atoms with Gasteiger partial charge in [-0.05, 0) is 29.8 Å². The number of carbonyl (C=O) groups excluding carboxylic acids is 1. The van der Waals surface area contributed by atoms with E-state index >= 15 is 0 Å². The van der Waals surface area contributed by atoms with E-state index in [2.05, 4.69) is 5.32 Å². The van der Waals surface area contributed by atoms with Crippen molar-refractivity contribution < 1.29 is 26.5 Å². The summed E-state index contributed by atoms with van der Waals surface area (Å²) in [6.45, 7) is 0.520. The summed E-state index contributed by atoms with van der Waals surface area (Å²) in [6, 6.07) is 14.2. The summed E-state index contributed by atoms with van der Waals surface area (Å²) in [7, 11) is -4.34. The molecule has 1 N–H and O–H groups in total. The summed E-state index contributed by atoms with van der Waals surface area (Å²) in [4.78, 5) is 19.8. The van der Waals surface area contributed by atoms with Crippen molar-refractivity contribution in [2.75, 3.05) is 44.1 Å². The Labute approximate surface area is 182 Å². The van der Waals surface area contributed by atoms with Crippen molar-refractivity contribution in [2.45, 2.75) is 10.9 Å². The normalized spacial score (nSPS) is 17.9. The number of sulfone groups is 1. The van der Waals surface area contributed by atoms with Crippen LogP contribution in [0.5, 0.6) is 0 Å². The maximum absolute atomic E-state index is 13.2. The number of hydrogen-bond acceptors (Lipinski definition) is 7. The Morgan fingerprint density at radius 3 is 2.19 bits per heavy atom. The molecule has 9 nitrogen and oxygen atoms in total. The Balaban J connectivity index is 1.81. The number of nitrogens with one attached hydrogen (secondary N) is 1. The van der Waals surface area contributed by atoms with Gasteiger partial charge in [0.15, 0.2) is 9.84 Å². The first-order valence-electron chi connectivity index (χ1n) is 9.57. The highest BCUT2D eigenvalue weighted by Crippen LogP contribution is 2.25. The van der Waals surface area contributed by atoms with Gasteiger partial charge in [-0.25, -0.2) is 16.8 Å². The second-order valence-corrected chi connectivity index (χ2v) is 11.4. The van der Waals surface area contributed by atoms with Crippen LogP contribution in [-0.2, 0) is 29.5 Å². The fourth-order valence-electron chi connectivity index (χ4n) is 3.32. The van der Waals surface area contributed by atoms with Gasteiger partial charge in [-0.2, -0.15) is 0 Å². The molecule has 31 heavy (non-hydrogen) atoms. The van der Waals surface area contributed by atoms with Crippen molar-refractivity contribution in [1.82, 2.24) is 9.37 Å². The van der Waals surface area contributed by atoms with Crippen molar-refractivity contribution in [3.05, 3.63) is 60.2 Å². The van der Waals surface area contributed by atoms with Crippen LogP contribution in [0.15, 0.2) is 59.5 Å². The van der Waals surface area contributed by atoms with Crippen LogP contribution in [0.25, 0.3) is 0 Å². The van der Waals surface area contributed by atoms with Gasteiger partial charge in [-0.1, -0.05) is 34.8 Å². The highest BCUT2D eigenvalue weighted by Gasteiger charge is 2.32. The number of rotatable bonds is 7. The van der Waals surface area contributed by atoms with Gasteiger partial charge in [-0.3, -0.25) is 14.5 Å². The molecule has 168 valence electrons. The van der Waals surface area contributed by atoms with E-state index in [0.717, 1.165) is 10.0 Å². The van der Waals surface area contributed by atoms with Gasteiger partial charge in [-0.15, -0.1) is 0 Å². The third-order valence-electron chi connectivity index (χ3n) is 5.12. The van der Waals surface area contributed by atoms with Gasteiger partial charge < -0.3 is 5.32 Å². The number of amides is 1. The molecule has 2 aromatic carbocycles. The Hall–Kier alpha value is -2.31. The molecule has 0 aromatic heterocycles. The second kappa shape index (κ2) is 9.45. The second-order valence-electron chi connectivity index (χ2n) is 7.11. The number of carbonyl (C=O) groups is 1. The quantitative estimate of drug-likeness (QED) is 0.610. The van der Waals surface area contributed by atoms with Crippen LogP contribution in [0.2, 0.25) is 0 Å². The lowest BCUT2D eigenvalue weighted by molar-refractivity contribution is -0.121. The van der Waals surface area contributed by atoms with E-state index in [9.17, 15) is 21.6 Å². The predicted octanol–water partition coefficient (Wildman–Crippen LogP) is 1.28. The van der Waals surface area contributed by atoms with Gasteiger partial charge in [0.1, 0.15) is 6.04 Å². The molecule has 1 unspecified atom stereocenters. The number of nitrogens with zero attached hydrogens (tertiary/aromatic N) is 2. The van der Waals surface area contributed by atoms with E-state index < -0.39 is 25.9 Å². The van der Waals surface area contributed by atoms with Crippen LogP contribution < -0.4 is 5.32 Å². The molecule has 11 heteroatoms. The molecule has 0 saturated carbocycles. The van der Waals surface area contributed by atoms with Gasteiger partial charge >= 0.3 is 0 Å². The minimum Gasteiger partial charge on any atom is -0.324 e. The fraction of sp³-hybridized carbons (Fsp3) is 0.350. The zero-order valence-corrected chi connectivity index (χ0v) is 18.9. The van der Waals surface area contributed by atoms with Crippen molar-refractivity contribution in [3.63, 3.8) is 0 Å². The monoisotopic (exact) mass is 467 g/mol. The largest absolute Gasteiger partial charge is 0.324 e. The number of sulfonamides is 1. The summed E-state index contributed by atoms with van der Waals surface area (Å²) >= 11 is 0. The molecular formula is C20H25N3O6S2. The van der Waals surface area contributed by atoms with Crippen LogP contribution in [-0.4, -0.2) is 70.9 Å². The van der Waals surface area contributed by atoms with Gasteiger partial charge in [0, 0.05) is 25.8 Å². The summed E-state index contributed by atoms with van der Waals surface area (Å²) in [5, 5.41) is 2.81. The lowest BCUT2D eigenvalue weighted by Crippen LogP contribution is -2.46. The maximum Gasteiger partial charge on any atom is 0.264 e. The Bertz CT molecular complexity index is 1110. The topological polar surface area (TPSA) is 113 Å². The Morgan fingerprint density at radius 1 is 1.06 bits per heavy atom. The van der Waals surface area contributed by atoms with E-state index in [1.165, 1.54) is 38.4 Å². The third-order valence-corrected chi connectivity index (χ3v) is 8.43. The van der Waals surface area contributed by atoms with Gasteiger partial charge in [0.25, 0.3) is 10.0 Å². The first-order valence-corrected chi connectivity index (χ1v) is 12.8. The van der Waals surface area contributed by atoms with Crippen LogP contribution in [0.3, 0.4) is 0 Å². The van der Waals surface area contributed by atoms with Crippen LogP contribution in [0.1, 0.15) is 11.6 Å². The molecule has 1 amide bonds. The molecule has 1 aliphatic rings. The molecule has 3 rings (SSSR count). The molecule has 1 saturated heterocycles. The van der Waals surface area contributed by atoms with Crippen molar-refractivity contribution >= 4 is 31.5 Å². The molecule has 0 spiro atoms. The van der Waals surface area contributed by atoms with Crippen molar-refractivity contribution in [2.24, 2.45) is 0 Å². The molecule has 0 aliphatic carbocycles. The average molecular weight is 468 g/mol. The van der Waals surface area contributed by atoms with E-state index in [1.807, 2.05) is 35.2 Å². The molecule has 1 atom stereocenters. The molecule has 0 radical (unpaired) electrons. The molecule has 1 fully saturated rings. The smallest absolute Gasteiger partial charge is 0.264 e. The maximum atomic E-state index is 13.2. The predicted molar refractivity (Wildman–Crippen MR) is 116 cm³/mol. The Morgan fingerprint density at radius 2 is 1.65 bits per heavy atom. The van der Waals surface area contributed by atoms with E-state index in [-0.39, 0.29) is 35.4 Å². The molecular weight excluding hydrogens is 442 g/mol. The highest BCUT2D eigenvalue weighted by molar-refractivity contribution is 7.91. The standard InChI is InChI=1S/C20H25N3O6S2/c1-22(29-2)31(27,28)18-10-8-17(9-11-18)21-20(24)19(16-6-4-3-5-7-16)23-12-14-30(25,26)15-13-23/h3-11,19H,12-15H2,1-2H3,(H,21,24). The summed E-state index contributed by atoms with van der Waals surface area (Å²) in [5.41, 5.74) is 1.18. The van der Waals surface area contributed by atoms with E-state index in [4.69, 9.17) is 4.84 Å². The Kier molecular flexibility index (Phi) is 7.12. The van der Waals surface area contributed by atoms with Crippen LogP contribution in [0, 0.1) is 0 Å². The first-order chi connectivity index (χ1) is 14.6. The van der Waals surface area contributed by atoms with Gasteiger partial charge in [0.2, 0.25) is 5.91 Å². The summed E-state index contributed by atoms with van der Waals surface area (Å²) in [6.07, 6.45) is 0. The van der Waals surface area contributed by atoms with Crippen molar-refractivity contribution in [1.29, 1.82) is 0 Å². The van der Waals surface area contributed by atoms with Crippen molar-refractivity contribution in [3.8, 4) is 0 Å². The third kappa shape index (κ3) is 5.49. The molecule has 1 aliphatic heterocycles. The minimum atomic E-state index is -3.79. The number of anilines is 1. The zero-order chi connectivity index (χ0) is 22.6. The van der Waals surface area contributed by atoms with Crippen LogP contribution in [0.4, 0.5) is 5.69 Å². The van der Waals surface area contributed by atoms with Gasteiger partial charge in [0.05, 0.1) is 23.5 Å².